The summed E-state index contributed by atoms with van der Waals surface area (Å²) >= 11 is 0. The van der Waals surface area contributed by atoms with Crippen molar-refractivity contribution in [3.05, 3.63) is 29.6 Å². The number of esters is 1. The van der Waals surface area contributed by atoms with Crippen molar-refractivity contribution in [1.82, 2.24) is 0 Å². The van der Waals surface area contributed by atoms with E-state index < -0.39 is 11.8 Å². The number of amides is 1. The number of hydrogen-bond donors (Lipinski definition) is 2. The minimum atomic E-state index is -0.782. The SMILES string of the molecule is COC(=O)c1cc(NC(=O)CCC(C)CN)ccc1F. The van der Waals surface area contributed by atoms with Crippen molar-refractivity contribution in [3.8, 4) is 0 Å². The molecule has 1 aromatic carbocycles. The summed E-state index contributed by atoms with van der Waals surface area (Å²) in [6.07, 6.45) is 0.997. The first-order chi connectivity index (χ1) is 9.47. The number of rotatable bonds is 6. The summed E-state index contributed by atoms with van der Waals surface area (Å²) < 4.78 is 17.9. The van der Waals surface area contributed by atoms with Gasteiger partial charge in [0.15, 0.2) is 0 Å². The van der Waals surface area contributed by atoms with Gasteiger partial charge in [0.2, 0.25) is 5.91 Å². The minimum absolute atomic E-state index is 0.201. The predicted molar refractivity (Wildman–Crippen MR) is 73.8 cm³/mol. The van der Waals surface area contributed by atoms with Crippen LogP contribution >= 0.6 is 0 Å². The molecule has 1 amide bonds. The Balaban J connectivity index is 2.68. The molecule has 0 aliphatic heterocycles. The lowest BCUT2D eigenvalue weighted by Crippen LogP contribution is -2.16. The van der Waals surface area contributed by atoms with Crippen LogP contribution in [0.4, 0.5) is 10.1 Å². The van der Waals surface area contributed by atoms with Gasteiger partial charge in [0, 0.05) is 12.1 Å². The van der Waals surface area contributed by atoms with Gasteiger partial charge in [0.05, 0.1) is 12.7 Å². The second-order valence-corrected chi connectivity index (χ2v) is 4.61. The number of ether oxygens (including phenoxy) is 1. The lowest BCUT2D eigenvalue weighted by molar-refractivity contribution is -0.116. The van der Waals surface area contributed by atoms with Crippen LogP contribution in [0.25, 0.3) is 0 Å². The van der Waals surface area contributed by atoms with Gasteiger partial charge >= 0.3 is 5.97 Å². The fourth-order valence-electron chi connectivity index (χ4n) is 1.59. The third-order valence-corrected chi connectivity index (χ3v) is 2.92. The number of benzene rings is 1. The Labute approximate surface area is 117 Å². The normalized spacial score (nSPS) is 11.8. The molecule has 0 aliphatic carbocycles. The van der Waals surface area contributed by atoms with Gasteiger partial charge in [-0.1, -0.05) is 6.92 Å². The van der Waals surface area contributed by atoms with Crippen LogP contribution in [0, 0.1) is 11.7 Å². The van der Waals surface area contributed by atoms with Crippen LogP contribution in [0.5, 0.6) is 0 Å². The number of nitrogens with two attached hydrogens (primary N) is 1. The highest BCUT2D eigenvalue weighted by atomic mass is 19.1. The summed E-state index contributed by atoms with van der Waals surface area (Å²) in [4.78, 5) is 23.0. The minimum Gasteiger partial charge on any atom is -0.465 e. The number of hydrogen-bond acceptors (Lipinski definition) is 4. The zero-order chi connectivity index (χ0) is 15.1. The maximum Gasteiger partial charge on any atom is 0.340 e. The molecule has 1 atom stereocenters. The molecular weight excluding hydrogens is 263 g/mol. The molecule has 0 fully saturated rings. The topological polar surface area (TPSA) is 81.4 Å². The van der Waals surface area contributed by atoms with E-state index in [4.69, 9.17) is 5.73 Å². The Bertz CT molecular complexity index is 491. The third-order valence-electron chi connectivity index (χ3n) is 2.92. The van der Waals surface area contributed by atoms with Gasteiger partial charge in [0.25, 0.3) is 0 Å². The first-order valence-electron chi connectivity index (χ1n) is 6.35. The highest BCUT2D eigenvalue weighted by Crippen LogP contribution is 2.16. The van der Waals surface area contributed by atoms with Gasteiger partial charge in [-0.15, -0.1) is 0 Å². The monoisotopic (exact) mass is 282 g/mol. The van der Waals surface area contributed by atoms with Crippen LogP contribution in [-0.4, -0.2) is 25.5 Å². The summed E-state index contributed by atoms with van der Waals surface area (Å²) in [5.74, 6) is -1.41. The van der Waals surface area contributed by atoms with Crippen molar-refractivity contribution in [3.63, 3.8) is 0 Å². The van der Waals surface area contributed by atoms with Crippen LogP contribution in [-0.2, 0) is 9.53 Å². The Kier molecular flexibility index (Phi) is 6.11. The molecule has 0 radical (unpaired) electrons. The number of nitrogens with one attached hydrogen (secondary N) is 1. The summed E-state index contributed by atoms with van der Waals surface area (Å²) in [5.41, 5.74) is 5.62. The molecule has 1 rings (SSSR count). The zero-order valence-electron chi connectivity index (χ0n) is 11.6. The average molecular weight is 282 g/mol. The highest BCUT2D eigenvalue weighted by Gasteiger charge is 2.14. The van der Waals surface area contributed by atoms with E-state index in [1.165, 1.54) is 19.2 Å². The van der Waals surface area contributed by atoms with E-state index in [2.05, 4.69) is 10.1 Å². The number of halogens is 1. The van der Waals surface area contributed by atoms with Crippen molar-refractivity contribution < 1.29 is 18.7 Å². The molecule has 0 aliphatic rings. The first kappa shape index (κ1) is 16.1. The lowest BCUT2D eigenvalue weighted by atomic mass is 10.1. The number of anilines is 1. The molecule has 5 nitrogen and oxygen atoms in total. The average Bonchev–Trinajstić information content (AvgIpc) is 2.45. The van der Waals surface area contributed by atoms with Gasteiger partial charge < -0.3 is 15.8 Å². The number of carbonyl (C=O) groups is 2. The van der Waals surface area contributed by atoms with E-state index in [1.54, 1.807) is 0 Å². The van der Waals surface area contributed by atoms with Crippen LogP contribution in [0.3, 0.4) is 0 Å². The molecule has 1 aromatic rings. The summed E-state index contributed by atoms with van der Waals surface area (Å²) in [6.45, 7) is 2.48. The van der Waals surface area contributed by atoms with Crippen LogP contribution in [0.15, 0.2) is 18.2 Å². The van der Waals surface area contributed by atoms with E-state index in [-0.39, 0.29) is 17.4 Å². The molecule has 0 saturated heterocycles. The Morgan fingerprint density at radius 1 is 1.45 bits per heavy atom. The van der Waals surface area contributed by atoms with E-state index >= 15 is 0 Å². The molecular formula is C14H19FN2O3. The van der Waals surface area contributed by atoms with Crippen molar-refractivity contribution in [2.24, 2.45) is 11.7 Å². The Hall–Kier alpha value is -1.95. The second-order valence-electron chi connectivity index (χ2n) is 4.61. The predicted octanol–water partition coefficient (Wildman–Crippen LogP) is 1.93. The van der Waals surface area contributed by atoms with Crippen molar-refractivity contribution in [2.75, 3.05) is 19.0 Å². The Morgan fingerprint density at radius 2 is 2.15 bits per heavy atom. The van der Waals surface area contributed by atoms with E-state index in [0.717, 1.165) is 6.07 Å². The highest BCUT2D eigenvalue weighted by molar-refractivity contribution is 5.94. The lowest BCUT2D eigenvalue weighted by Gasteiger charge is -2.10. The molecule has 0 bridgehead atoms. The largest absolute Gasteiger partial charge is 0.465 e. The molecule has 1 unspecified atom stereocenters. The smallest absolute Gasteiger partial charge is 0.340 e. The molecule has 0 saturated carbocycles. The maximum atomic E-state index is 13.4. The number of methoxy groups -OCH3 is 1. The fraction of sp³-hybridized carbons (Fsp3) is 0.429. The van der Waals surface area contributed by atoms with E-state index in [9.17, 15) is 14.0 Å². The zero-order valence-corrected chi connectivity index (χ0v) is 11.6. The standard InChI is InChI=1S/C14H19FN2O3/c1-9(8-16)3-6-13(18)17-10-4-5-12(15)11(7-10)14(19)20-2/h4-5,7,9H,3,6,8,16H2,1-2H3,(H,17,18). The van der Waals surface area contributed by atoms with Crippen LogP contribution < -0.4 is 11.1 Å². The van der Waals surface area contributed by atoms with Gasteiger partial charge in [-0.2, -0.15) is 0 Å². The first-order valence-corrected chi connectivity index (χ1v) is 6.35. The Morgan fingerprint density at radius 3 is 2.75 bits per heavy atom. The maximum absolute atomic E-state index is 13.4. The summed E-state index contributed by atoms with van der Waals surface area (Å²) in [6, 6.07) is 3.77. The molecule has 0 heterocycles. The quantitative estimate of drug-likeness (QED) is 0.781. The summed E-state index contributed by atoms with van der Waals surface area (Å²) in [5, 5.41) is 2.61. The second kappa shape index (κ2) is 7.59. The third kappa shape index (κ3) is 4.62. The van der Waals surface area contributed by atoms with E-state index in [0.29, 0.717) is 25.1 Å². The van der Waals surface area contributed by atoms with Crippen molar-refractivity contribution >= 4 is 17.6 Å². The molecule has 0 spiro atoms. The molecule has 110 valence electrons. The van der Waals surface area contributed by atoms with Gasteiger partial charge in [-0.25, -0.2) is 9.18 Å². The van der Waals surface area contributed by atoms with Crippen LogP contribution in [0.1, 0.15) is 30.1 Å². The van der Waals surface area contributed by atoms with E-state index in [1.807, 2.05) is 6.92 Å². The number of carbonyl (C=O) groups excluding carboxylic acids is 2. The van der Waals surface area contributed by atoms with Gasteiger partial charge in [0.1, 0.15) is 5.82 Å². The molecule has 20 heavy (non-hydrogen) atoms. The molecule has 6 heteroatoms. The molecule has 3 N–H and O–H groups in total. The van der Waals surface area contributed by atoms with Crippen molar-refractivity contribution in [2.45, 2.75) is 19.8 Å². The fourth-order valence-corrected chi connectivity index (χ4v) is 1.59. The molecule has 0 aromatic heterocycles. The van der Waals surface area contributed by atoms with Crippen LogP contribution in [0.2, 0.25) is 0 Å². The summed E-state index contributed by atoms with van der Waals surface area (Å²) in [7, 11) is 1.17. The van der Waals surface area contributed by atoms with Crippen molar-refractivity contribution in [1.29, 1.82) is 0 Å². The van der Waals surface area contributed by atoms with Gasteiger partial charge in [-0.3, -0.25) is 4.79 Å². The van der Waals surface area contributed by atoms with Gasteiger partial charge in [-0.05, 0) is 37.1 Å².